The van der Waals surface area contributed by atoms with Gasteiger partial charge in [-0.1, -0.05) is 32.4 Å². The minimum absolute atomic E-state index is 0.0380. The number of carbonyl (C=O) groups excluding carboxylic acids is 4. The van der Waals surface area contributed by atoms with Crippen molar-refractivity contribution in [1.29, 1.82) is 0 Å². The first-order valence-electron chi connectivity index (χ1n) is 23.0. The zero-order valence-corrected chi connectivity index (χ0v) is 40.2. The number of ether oxygens (including phenoxy) is 4. The first kappa shape index (κ1) is 48.5. The molecule has 358 valence electrons. The fourth-order valence-corrected chi connectivity index (χ4v) is 10.3. The zero-order chi connectivity index (χ0) is 47.9. The lowest BCUT2D eigenvalue weighted by Gasteiger charge is -2.34. The van der Waals surface area contributed by atoms with Gasteiger partial charge in [0.25, 0.3) is 5.91 Å². The number of hydrogen-bond donors (Lipinski definition) is 3. The number of fused-ring (bicyclic) bond motifs is 3. The van der Waals surface area contributed by atoms with Gasteiger partial charge in [-0.15, -0.1) is 0 Å². The van der Waals surface area contributed by atoms with Crippen molar-refractivity contribution in [2.24, 2.45) is 17.8 Å². The summed E-state index contributed by atoms with van der Waals surface area (Å²) in [6, 6.07) is 9.17. The normalized spacial score (nSPS) is 26.6. The van der Waals surface area contributed by atoms with Crippen molar-refractivity contribution in [2.75, 3.05) is 13.7 Å². The van der Waals surface area contributed by atoms with Gasteiger partial charge in [0, 0.05) is 35.4 Å². The second kappa shape index (κ2) is 18.7. The number of halogens is 1. The largest absolute Gasteiger partial charge is 0.497 e. The van der Waals surface area contributed by atoms with Crippen LogP contribution < -0.4 is 29.6 Å². The molecule has 1 aromatic heterocycles. The van der Waals surface area contributed by atoms with Crippen LogP contribution >= 0.6 is 0 Å². The van der Waals surface area contributed by atoms with Crippen LogP contribution in [0.15, 0.2) is 54.6 Å². The quantitative estimate of drug-likeness (QED) is 0.163. The van der Waals surface area contributed by atoms with Crippen molar-refractivity contribution >= 4 is 44.7 Å². The number of hydrogen-bond acceptors (Lipinski definition) is 11. The summed E-state index contributed by atoms with van der Waals surface area (Å²) in [6.45, 7) is 14.3. The molecule has 17 heteroatoms. The minimum Gasteiger partial charge on any atom is -0.497 e. The maximum atomic E-state index is 15.4. The summed E-state index contributed by atoms with van der Waals surface area (Å²) in [6.07, 6.45) is 5.39. The number of benzene rings is 2. The third-order valence-electron chi connectivity index (χ3n) is 13.1. The highest BCUT2D eigenvalue weighted by Crippen LogP contribution is 2.48. The molecule has 7 rings (SSSR count). The van der Waals surface area contributed by atoms with Crippen LogP contribution in [-0.2, 0) is 29.1 Å². The van der Waals surface area contributed by atoms with Crippen LogP contribution in [0.25, 0.3) is 22.2 Å². The molecule has 3 fully saturated rings. The summed E-state index contributed by atoms with van der Waals surface area (Å²) in [7, 11) is -2.53. The summed E-state index contributed by atoms with van der Waals surface area (Å²) in [4.78, 5) is 64.0. The molecule has 3 aromatic rings. The van der Waals surface area contributed by atoms with Crippen molar-refractivity contribution in [2.45, 2.75) is 147 Å². The Morgan fingerprint density at radius 3 is 2.45 bits per heavy atom. The summed E-state index contributed by atoms with van der Waals surface area (Å²) in [5.41, 5.74) is -1.17. The summed E-state index contributed by atoms with van der Waals surface area (Å²) < 4.78 is 66.9. The lowest BCUT2D eigenvalue weighted by Crippen LogP contribution is -2.59. The number of aromatic nitrogens is 1. The topological polar surface area (TPSA) is 192 Å². The van der Waals surface area contributed by atoms with Gasteiger partial charge in [0.1, 0.15) is 40.8 Å². The number of nitrogens with zero attached hydrogens (tertiary/aromatic N) is 2. The number of methoxy groups -OCH3 is 1. The molecular formula is C49H64FN5O10S. The van der Waals surface area contributed by atoms with Crippen LogP contribution in [0.3, 0.4) is 0 Å². The fourth-order valence-electron chi connectivity index (χ4n) is 8.99. The van der Waals surface area contributed by atoms with Gasteiger partial charge in [0.2, 0.25) is 21.8 Å². The Balaban J connectivity index is 1.28. The molecule has 2 aliphatic heterocycles. The molecule has 3 heterocycles. The average molecular weight is 934 g/mol. The first-order chi connectivity index (χ1) is 31.0. The SMILES string of the molecule is CCC1CC(C)CCC=CC2CC2(C(=O)NS(=O)(=O)C2(C)CC2)NC(=O)C2CC(Oc3cc(-c4ccc(OC(C)C)c(F)c4)nc4cc(OC)ccc34)CN2C(=O)C1NC(=O)OC(C)(C)C. The van der Waals surface area contributed by atoms with E-state index in [1.165, 1.54) is 24.1 Å². The molecule has 2 aliphatic carbocycles. The molecule has 15 nitrogen and oxygen atoms in total. The van der Waals surface area contributed by atoms with Gasteiger partial charge >= 0.3 is 6.09 Å². The van der Waals surface area contributed by atoms with Crippen molar-refractivity contribution in [3.63, 3.8) is 0 Å². The predicted octanol–water partition coefficient (Wildman–Crippen LogP) is 7.35. The molecule has 7 unspecified atom stereocenters. The maximum absolute atomic E-state index is 15.4. The van der Waals surface area contributed by atoms with E-state index in [4.69, 9.17) is 23.9 Å². The lowest BCUT2D eigenvalue weighted by atomic mass is 9.85. The highest BCUT2D eigenvalue weighted by Gasteiger charge is 2.63. The molecule has 2 saturated carbocycles. The number of carbonyl (C=O) groups is 4. The van der Waals surface area contributed by atoms with Gasteiger partial charge in [-0.3, -0.25) is 19.1 Å². The number of amides is 4. The highest BCUT2D eigenvalue weighted by molar-refractivity contribution is 7.91. The number of alkyl carbamates (subject to hydrolysis) is 1. The molecule has 0 radical (unpaired) electrons. The van der Waals surface area contributed by atoms with E-state index >= 15 is 9.18 Å². The average Bonchev–Trinajstić information content (AvgIpc) is 4.13. The third kappa shape index (κ3) is 10.6. The van der Waals surface area contributed by atoms with E-state index in [9.17, 15) is 22.8 Å². The second-order valence-corrected chi connectivity index (χ2v) is 22.2. The summed E-state index contributed by atoms with van der Waals surface area (Å²) in [5, 5.41) is 6.38. The Bertz CT molecular complexity index is 2500. The Morgan fingerprint density at radius 1 is 1.06 bits per heavy atom. The van der Waals surface area contributed by atoms with E-state index in [1.54, 1.807) is 71.9 Å². The maximum Gasteiger partial charge on any atom is 0.408 e. The van der Waals surface area contributed by atoms with Crippen molar-refractivity contribution in [1.82, 2.24) is 25.2 Å². The van der Waals surface area contributed by atoms with Gasteiger partial charge < -0.3 is 34.5 Å². The van der Waals surface area contributed by atoms with Crippen LogP contribution in [0.1, 0.15) is 107 Å². The van der Waals surface area contributed by atoms with E-state index in [0.717, 1.165) is 6.42 Å². The third-order valence-corrected chi connectivity index (χ3v) is 15.3. The molecule has 2 aromatic carbocycles. The smallest absolute Gasteiger partial charge is 0.408 e. The monoisotopic (exact) mass is 933 g/mol. The number of rotatable bonds is 11. The molecule has 0 bridgehead atoms. The van der Waals surface area contributed by atoms with Gasteiger partial charge in [0.15, 0.2) is 11.6 Å². The molecule has 0 spiro atoms. The number of allylic oxidation sites excluding steroid dienone is 1. The van der Waals surface area contributed by atoms with Crippen LogP contribution in [0.2, 0.25) is 0 Å². The van der Waals surface area contributed by atoms with E-state index in [-0.39, 0.29) is 43.1 Å². The van der Waals surface area contributed by atoms with Crippen molar-refractivity contribution < 1.29 is 50.9 Å². The minimum atomic E-state index is -4.06. The van der Waals surface area contributed by atoms with Gasteiger partial charge in [-0.2, -0.15) is 0 Å². The van der Waals surface area contributed by atoms with E-state index < -0.39 is 79.6 Å². The zero-order valence-electron chi connectivity index (χ0n) is 39.4. The van der Waals surface area contributed by atoms with E-state index in [2.05, 4.69) is 22.3 Å². The number of nitrogens with one attached hydrogen (secondary N) is 3. The molecule has 66 heavy (non-hydrogen) atoms. The van der Waals surface area contributed by atoms with Crippen LogP contribution in [0.5, 0.6) is 17.2 Å². The first-order valence-corrected chi connectivity index (χ1v) is 24.5. The standard InChI is InChI=1S/C49H64FN5O10S/c1-10-30-21-29(4)13-11-12-14-32-26-49(32,45(58)54-66(60,61)48(8)19-20-48)53-43(56)39-24-34(27-55(39)44(57)42(30)52-46(59)65-47(5,6)7)64-41-25-37(51-38-23-33(62-9)16-17-35(38)41)31-15-18-40(36(50)22-31)63-28(2)3/h12,14-18,22-23,25,28-30,32,34,39,42H,10-11,13,19-21,24,26-27H2,1-9H3,(H,52,59)(H,53,56)(H,54,58). The molecule has 4 amide bonds. The van der Waals surface area contributed by atoms with Crippen molar-refractivity contribution in [3.8, 4) is 28.5 Å². The molecule has 3 N–H and O–H groups in total. The predicted molar refractivity (Wildman–Crippen MR) is 247 cm³/mol. The van der Waals surface area contributed by atoms with E-state index in [1.807, 2.05) is 19.1 Å². The fraction of sp³-hybridized carbons (Fsp3) is 0.571. The molecule has 4 aliphatic rings. The summed E-state index contributed by atoms with van der Waals surface area (Å²) in [5.74, 6) is -2.39. The van der Waals surface area contributed by atoms with Gasteiger partial charge in [-0.05, 0) is 122 Å². The van der Waals surface area contributed by atoms with E-state index in [0.29, 0.717) is 65.8 Å². The Hall–Kier alpha value is -5.45. The van der Waals surface area contributed by atoms with Gasteiger partial charge in [0.05, 0.1) is 35.7 Å². The Kier molecular flexibility index (Phi) is 13.7. The lowest BCUT2D eigenvalue weighted by molar-refractivity contribution is -0.142. The van der Waals surface area contributed by atoms with Crippen molar-refractivity contribution in [3.05, 3.63) is 60.4 Å². The van der Waals surface area contributed by atoms with Crippen LogP contribution in [-0.4, -0.2) is 95.9 Å². The second-order valence-electron chi connectivity index (χ2n) is 20.0. The van der Waals surface area contributed by atoms with Gasteiger partial charge in [-0.25, -0.2) is 22.6 Å². The highest BCUT2D eigenvalue weighted by atomic mass is 32.2. The number of pyridine rings is 1. The van der Waals surface area contributed by atoms with Crippen LogP contribution in [0.4, 0.5) is 9.18 Å². The molecular weight excluding hydrogens is 870 g/mol. The molecule has 1 saturated heterocycles. The Labute approximate surface area is 387 Å². The number of sulfonamides is 1. The summed E-state index contributed by atoms with van der Waals surface area (Å²) >= 11 is 0. The molecule has 7 atom stereocenters. The Morgan fingerprint density at radius 2 is 1.80 bits per heavy atom. The van der Waals surface area contributed by atoms with Crippen LogP contribution in [0, 0.1) is 23.6 Å².